The fourth-order valence-electron chi connectivity index (χ4n) is 2.17. The number of nitrogens with zero attached hydrogens (tertiary/aromatic N) is 2. The lowest BCUT2D eigenvalue weighted by Gasteiger charge is -2.11. The summed E-state index contributed by atoms with van der Waals surface area (Å²) in [5.74, 6) is 0. The van der Waals surface area contributed by atoms with E-state index in [1.807, 2.05) is 65.4 Å². The van der Waals surface area contributed by atoms with Gasteiger partial charge in [-0.1, -0.05) is 30.3 Å². The van der Waals surface area contributed by atoms with Gasteiger partial charge in [-0.25, -0.2) is 9.19 Å². The second kappa shape index (κ2) is 6.90. The molecule has 3 rings (SSSR count). The maximum atomic E-state index is 12.4. The van der Waals surface area contributed by atoms with Gasteiger partial charge in [-0.05, 0) is 29.8 Å². The number of hydrogen-bond donors (Lipinski definition) is 0. The van der Waals surface area contributed by atoms with Crippen LogP contribution in [-0.2, 0) is 17.3 Å². The summed E-state index contributed by atoms with van der Waals surface area (Å²) in [6.07, 6.45) is 5.36. The van der Waals surface area contributed by atoms with E-state index in [1.165, 1.54) is 0 Å². The van der Waals surface area contributed by atoms with E-state index in [4.69, 9.17) is 11.6 Å². The van der Waals surface area contributed by atoms with Crippen molar-refractivity contribution in [3.63, 3.8) is 0 Å². The highest BCUT2D eigenvalue weighted by Crippen LogP contribution is 2.24. The molecule has 0 radical (unpaired) electrons. The van der Waals surface area contributed by atoms with Gasteiger partial charge < -0.3 is 4.57 Å². The van der Waals surface area contributed by atoms with Crippen LogP contribution in [-0.4, -0.2) is 13.8 Å². The molecule has 0 saturated heterocycles. The van der Waals surface area contributed by atoms with E-state index >= 15 is 0 Å². The van der Waals surface area contributed by atoms with E-state index in [0.29, 0.717) is 6.54 Å². The van der Waals surface area contributed by atoms with Crippen molar-refractivity contribution in [2.75, 3.05) is 0 Å². The number of hydrogen-bond acceptors (Lipinski definition) is 2. The SMILES string of the molecule is O=S(c1ccccc1)c1ccc(C(Cl)Cn2ccnc2)cc1. The summed E-state index contributed by atoms with van der Waals surface area (Å²) < 4.78 is 14.4. The van der Waals surface area contributed by atoms with Gasteiger partial charge in [0.15, 0.2) is 0 Å². The molecule has 3 aromatic rings. The first-order chi connectivity index (χ1) is 10.7. The molecule has 1 aromatic heterocycles. The molecule has 0 spiro atoms. The zero-order chi connectivity index (χ0) is 15.4. The molecule has 5 heteroatoms. The predicted octanol–water partition coefficient (Wildman–Crippen LogP) is 4.03. The van der Waals surface area contributed by atoms with Crippen LogP contribution >= 0.6 is 11.6 Å². The van der Waals surface area contributed by atoms with Crippen LogP contribution in [0, 0.1) is 0 Å². The van der Waals surface area contributed by atoms with Gasteiger partial charge in [-0.2, -0.15) is 0 Å². The smallest absolute Gasteiger partial charge is 0.0946 e. The molecule has 0 amide bonds. The Labute approximate surface area is 137 Å². The van der Waals surface area contributed by atoms with E-state index < -0.39 is 10.8 Å². The van der Waals surface area contributed by atoms with E-state index in [9.17, 15) is 4.21 Å². The van der Waals surface area contributed by atoms with Crippen molar-refractivity contribution in [1.29, 1.82) is 0 Å². The summed E-state index contributed by atoms with van der Waals surface area (Å²) in [5.41, 5.74) is 1.00. The zero-order valence-corrected chi connectivity index (χ0v) is 13.4. The van der Waals surface area contributed by atoms with Crippen LogP contribution in [0.3, 0.4) is 0 Å². The fourth-order valence-corrected chi connectivity index (χ4v) is 3.53. The third-order valence-corrected chi connectivity index (χ3v) is 5.13. The molecule has 2 unspecified atom stereocenters. The quantitative estimate of drug-likeness (QED) is 0.662. The summed E-state index contributed by atoms with van der Waals surface area (Å²) in [5, 5.41) is -0.145. The Morgan fingerprint density at radius 3 is 2.36 bits per heavy atom. The average Bonchev–Trinajstić information content (AvgIpc) is 3.08. The highest BCUT2D eigenvalue weighted by Gasteiger charge is 2.11. The van der Waals surface area contributed by atoms with Crippen molar-refractivity contribution in [3.05, 3.63) is 78.9 Å². The molecule has 0 saturated carbocycles. The molecular weight excluding hydrogens is 316 g/mol. The first kappa shape index (κ1) is 15.0. The third-order valence-electron chi connectivity index (χ3n) is 3.34. The normalized spacial score (nSPS) is 13.7. The number of rotatable bonds is 5. The molecular formula is C17H15ClN2OS. The maximum Gasteiger partial charge on any atom is 0.0946 e. The molecule has 2 atom stereocenters. The lowest BCUT2D eigenvalue weighted by Crippen LogP contribution is -2.02. The molecule has 1 heterocycles. The average molecular weight is 331 g/mol. The number of alkyl halides is 1. The number of benzene rings is 2. The number of imidazole rings is 1. The molecule has 0 aliphatic heterocycles. The van der Waals surface area contributed by atoms with Crippen LogP contribution < -0.4 is 0 Å². The lowest BCUT2D eigenvalue weighted by molar-refractivity contribution is 0.675. The highest BCUT2D eigenvalue weighted by molar-refractivity contribution is 7.85. The molecule has 3 nitrogen and oxygen atoms in total. The molecule has 0 aliphatic carbocycles. The summed E-state index contributed by atoms with van der Waals surface area (Å²) in [6, 6.07) is 17.1. The van der Waals surface area contributed by atoms with Crippen molar-refractivity contribution in [2.45, 2.75) is 21.7 Å². The van der Waals surface area contributed by atoms with Gasteiger partial charge in [-0.3, -0.25) is 0 Å². The van der Waals surface area contributed by atoms with Crippen molar-refractivity contribution in [2.24, 2.45) is 0 Å². The largest absolute Gasteiger partial charge is 0.336 e. The van der Waals surface area contributed by atoms with Crippen molar-refractivity contribution in [3.8, 4) is 0 Å². The Bertz CT molecular complexity index is 742. The van der Waals surface area contributed by atoms with Crippen LogP contribution in [0.15, 0.2) is 83.1 Å². The standard InChI is InChI=1S/C17H15ClN2OS/c18-17(12-20-11-10-19-13-20)14-6-8-16(9-7-14)22(21)15-4-2-1-3-5-15/h1-11,13,17H,12H2. The van der Waals surface area contributed by atoms with Crippen LogP contribution in [0.25, 0.3) is 0 Å². The van der Waals surface area contributed by atoms with Gasteiger partial charge in [0.25, 0.3) is 0 Å². The van der Waals surface area contributed by atoms with Crippen molar-refractivity contribution in [1.82, 2.24) is 9.55 Å². The second-order valence-corrected chi connectivity index (χ2v) is 6.88. The second-order valence-electron chi connectivity index (χ2n) is 4.88. The Kier molecular flexibility index (Phi) is 4.71. The van der Waals surface area contributed by atoms with Crippen LogP contribution in [0.5, 0.6) is 0 Å². The summed E-state index contributed by atoms with van der Waals surface area (Å²) in [6.45, 7) is 0.655. The van der Waals surface area contributed by atoms with E-state index in [0.717, 1.165) is 15.4 Å². The zero-order valence-electron chi connectivity index (χ0n) is 11.8. The molecule has 0 bridgehead atoms. The topological polar surface area (TPSA) is 34.9 Å². The minimum Gasteiger partial charge on any atom is -0.336 e. The number of aromatic nitrogens is 2. The molecule has 112 valence electrons. The Morgan fingerprint density at radius 1 is 1.05 bits per heavy atom. The van der Waals surface area contributed by atoms with Crippen LogP contribution in [0.2, 0.25) is 0 Å². The minimum atomic E-state index is -1.16. The maximum absolute atomic E-state index is 12.4. The summed E-state index contributed by atoms with van der Waals surface area (Å²) in [4.78, 5) is 5.58. The van der Waals surface area contributed by atoms with Gasteiger partial charge in [0, 0.05) is 28.7 Å². The van der Waals surface area contributed by atoms with Gasteiger partial charge in [-0.15, -0.1) is 11.6 Å². The van der Waals surface area contributed by atoms with Crippen molar-refractivity contribution >= 4 is 22.4 Å². The fraction of sp³-hybridized carbons (Fsp3) is 0.118. The Balaban J connectivity index is 1.74. The first-order valence-corrected chi connectivity index (χ1v) is 8.49. The van der Waals surface area contributed by atoms with Gasteiger partial charge >= 0.3 is 0 Å². The lowest BCUT2D eigenvalue weighted by atomic mass is 10.1. The third kappa shape index (κ3) is 3.46. The highest BCUT2D eigenvalue weighted by atomic mass is 35.5. The van der Waals surface area contributed by atoms with E-state index in [1.54, 1.807) is 12.5 Å². The minimum absolute atomic E-state index is 0.145. The van der Waals surface area contributed by atoms with Gasteiger partial charge in [0.1, 0.15) is 0 Å². The Morgan fingerprint density at radius 2 is 1.73 bits per heavy atom. The molecule has 0 aliphatic rings. The monoisotopic (exact) mass is 330 g/mol. The van der Waals surface area contributed by atoms with Crippen LogP contribution in [0.1, 0.15) is 10.9 Å². The molecule has 2 aromatic carbocycles. The summed E-state index contributed by atoms with van der Waals surface area (Å²) >= 11 is 6.42. The van der Waals surface area contributed by atoms with Gasteiger partial charge in [0.05, 0.1) is 22.5 Å². The molecule has 22 heavy (non-hydrogen) atoms. The van der Waals surface area contributed by atoms with Gasteiger partial charge in [0.2, 0.25) is 0 Å². The molecule has 0 N–H and O–H groups in total. The predicted molar refractivity (Wildman–Crippen MR) is 88.4 cm³/mol. The Hall–Kier alpha value is -1.91. The number of halogens is 1. The summed E-state index contributed by atoms with van der Waals surface area (Å²) in [7, 11) is -1.16. The first-order valence-electron chi connectivity index (χ1n) is 6.90. The molecule has 0 fully saturated rings. The van der Waals surface area contributed by atoms with E-state index in [-0.39, 0.29) is 5.38 Å². The van der Waals surface area contributed by atoms with Crippen molar-refractivity contribution < 1.29 is 4.21 Å². The van der Waals surface area contributed by atoms with Crippen LogP contribution in [0.4, 0.5) is 0 Å². The van der Waals surface area contributed by atoms with E-state index in [2.05, 4.69) is 4.98 Å².